The average Bonchev–Trinajstić information content (AvgIpc) is 2.49. The number of carbonyl (C=O) groups excluding carboxylic acids is 1. The predicted molar refractivity (Wildman–Crippen MR) is 58.1 cm³/mol. The second-order valence-corrected chi connectivity index (χ2v) is 4.07. The highest BCUT2D eigenvalue weighted by Crippen LogP contribution is 2.21. The SMILES string of the molecule is Cc1c(C(C)C(N)=O)[nH]c(=O)n1CCC(F)(F)F. The normalized spacial score (nSPS) is 13.6. The van der Waals surface area contributed by atoms with Crippen molar-refractivity contribution in [3.63, 3.8) is 0 Å². The van der Waals surface area contributed by atoms with Gasteiger partial charge in [-0.25, -0.2) is 4.79 Å². The fraction of sp³-hybridized carbons (Fsp3) is 0.600. The number of nitrogens with zero attached hydrogens (tertiary/aromatic N) is 1. The summed E-state index contributed by atoms with van der Waals surface area (Å²) in [6.45, 7) is 2.48. The topological polar surface area (TPSA) is 80.9 Å². The first kappa shape index (κ1) is 14.3. The Labute approximate surface area is 101 Å². The highest BCUT2D eigenvalue weighted by molar-refractivity contribution is 5.81. The molecule has 0 aliphatic carbocycles. The maximum atomic E-state index is 12.1. The quantitative estimate of drug-likeness (QED) is 0.852. The summed E-state index contributed by atoms with van der Waals surface area (Å²) in [5.74, 6) is -1.40. The van der Waals surface area contributed by atoms with Crippen LogP contribution in [-0.2, 0) is 11.3 Å². The number of aromatic nitrogens is 2. The van der Waals surface area contributed by atoms with Crippen LogP contribution in [0.15, 0.2) is 4.79 Å². The first-order valence-electron chi connectivity index (χ1n) is 5.29. The lowest BCUT2D eigenvalue weighted by Gasteiger charge is -2.09. The van der Waals surface area contributed by atoms with Gasteiger partial charge < -0.3 is 10.7 Å². The van der Waals surface area contributed by atoms with Crippen molar-refractivity contribution >= 4 is 5.91 Å². The fourth-order valence-corrected chi connectivity index (χ4v) is 1.64. The maximum Gasteiger partial charge on any atom is 0.390 e. The molecule has 3 N–H and O–H groups in total. The van der Waals surface area contributed by atoms with E-state index in [1.807, 2.05) is 0 Å². The minimum atomic E-state index is -4.33. The number of hydrogen-bond acceptors (Lipinski definition) is 2. The Morgan fingerprint density at radius 2 is 2.06 bits per heavy atom. The Balaban J connectivity index is 3.02. The minimum Gasteiger partial charge on any atom is -0.369 e. The summed E-state index contributed by atoms with van der Waals surface area (Å²) in [5, 5.41) is 0. The Morgan fingerprint density at radius 1 is 1.50 bits per heavy atom. The highest BCUT2D eigenvalue weighted by atomic mass is 19.4. The van der Waals surface area contributed by atoms with E-state index in [0.29, 0.717) is 5.69 Å². The molecule has 0 spiro atoms. The molecule has 1 unspecified atom stereocenters. The van der Waals surface area contributed by atoms with E-state index < -0.39 is 36.7 Å². The van der Waals surface area contributed by atoms with E-state index in [1.54, 1.807) is 0 Å². The molecule has 102 valence electrons. The molecule has 8 heteroatoms. The van der Waals surface area contributed by atoms with Crippen LogP contribution in [0.5, 0.6) is 0 Å². The lowest BCUT2D eigenvalue weighted by atomic mass is 10.1. The lowest BCUT2D eigenvalue weighted by molar-refractivity contribution is -0.136. The van der Waals surface area contributed by atoms with Crippen molar-refractivity contribution in [3.8, 4) is 0 Å². The van der Waals surface area contributed by atoms with Crippen LogP contribution in [-0.4, -0.2) is 21.6 Å². The molecule has 18 heavy (non-hydrogen) atoms. The van der Waals surface area contributed by atoms with Crippen LogP contribution in [0.4, 0.5) is 13.2 Å². The summed E-state index contributed by atoms with van der Waals surface area (Å²) in [6.07, 6.45) is -5.44. The number of alkyl halides is 3. The molecular weight excluding hydrogens is 251 g/mol. The third-order valence-electron chi connectivity index (χ3n) is 2.76. The van der Waals surface area contributed by atoms with E-state index in [4.69, 9.17) is 5.73 Å². The first-order valence-corrected chi connectivity index (χ1v) is 5.29. The van der Waals surface area contributed by atoms with Gasteiger partial charge in [-0.2, -0.15) is 13.2 Å². The van der Waals surface area contributed by atoms with Crippen LogP contribution >= 0.6 is 0 Å². The van der Waals surface area contributed by atoms with E-state index in [9.17, 15) is 22.8 Å². The van der Waals surface area contributed by atoms with Gasteiger partial charge in [-0.3, -0.25) is 9.36 Å². The van der Waals surface area contributed by atoms with Crippen molar-refractivity contribution in [3.05, 3.63) is 21.9 Å². The zero-order chi connectivity index (χ0) is 14.1. The number of nitrogens with two attached hydrogens (primary N) is 1. The molecule has 1 aromatic rings. The molecule has 1 heterocycles. The Bertz CT molecular complexity index is 501. The van der Waals surface area contributed by atoms with Gasteiger partial charge in [0.25, 0.3) is 0 Å². The molecule has 1 amide bonds. The molecule has 0 fully saturated rings. The van der Waals surface area contributed by atoms with Gasteiger partial charge in [0.05, 0.1) is 18.0 Å². The molecule has 1 aromatic heterocycles. The van der Waals surface area contributed by atoms with E-state index in [2.05, 4.69) is 4.98 Å². The summed E-state index contributed by atoms with van der Waals surface area (Å²) in [6, 6.07) is 0. The van der Waals surface area contributed by atoms with Crippen molar-refractivity contribution in [2.45, 2.75) is 38.9 Å². The van der Waals surface area contributed by atoms with Crippen LogP contribution in [0.3, 0.4) is 0 Å². The van der Waals surface area contributed by atoms with Crippen molar-refractivity contribution in [2.75, 3.05) is 0 Å². The number of hydrogen-bond donors (Lipinski definition) is 2. The molecule has 0 saturated carbocycles. The van der Waals surface area contributed by atoms with Gasteiger partial charge in [0, 0.05) is 12.2 Å². The smallest absolute Gasteiger partial charge is 0.369 e. The number of amides is 1. The first-order chi connectivity index (χ1) is 8.13. The van der Waals surface area contributed by atoms with Gasteiger partial charge in [0.2, 0.25) is 5.91 Å². The zero-order valence-corrected chi connectivity index (χ0v) is 9.97. The molecule has 0 aliphatic heterocycles. The maximum absolute atomic E-state index is 12.1. The molecule has 0 radical (unpaired) electrons. The number of H-pyrrole nitrogens is 1. The number of aromatic amines is 1. The van der Waals surface area contributed by atoms with Crippen molar-refractivity contribution in [1.82, 2.24) is 9.55 Å². The van der Waals surface area contributed by atoms with Crippen LogP contribution in [0.2, 0.25) is 0 Å². The second-order valence-electron chi connectivity index (χ2n) is 4.07. The molecule has 5 nitrogen and oxygen atoms in total. The molecular formula is C10H14F3N3O2. The van der Waals surface area contributed by atoms with Crippen LogP contribution in [0, 0.1) is 6.92 Å². The van der Waals surface area contributed by atoms with Gasteiger partial charge in [-0.05, 0) is 13.8 Å². The van der Waals surface area contributed by atoms with Gasteiger partial charge in [-0.1, -0.05) is 0 Å². The third-order valence-corrected chi connectivity index (χ3v) is 2.76. The van der Waals surface area contributed by atoms with E-state index in [0.717, 1.165) is 4.57 Å². The summed E-state index contributed by atoms with van der Waals surface area (Å²) < 4.78 is 37.3. The summed E-state index contributed by atoms with van der Waals surface area (Å²) in [7, 11) is 0. The zero-order valence-electron chi connectivity index (χ0n) is 9.97. The van der Waals surface area contributed by atoms with Crippen LogP contribution < -0.4 is 11.4 Å². The Kier molecular flexibility index (Phi) is 3.88. The second kappa shape index (κ2) is 4.87. The molecule has 0 saturated heterocycles. The van der Waals surface area contributed by atoms with Gasteiger partial charge in [-0.15, -0.1) is 0 Å². The monoisotopic (exact) mass is 265 g/mol. The highest BCUT2D eigenvalue weighted by Gasteiger charge is 2.28. The van der Waals surface area contributed by atoms with Crippen molar-refractivity contribution < 1.29 is 18.0 Å². The number of nitrogens with one attached hydrogen (secondary N) is 1. The number of imidazole rings is 1. The van der Waals surface area contributed by atoms with E-state index in [1.165, 1.54) is 13.8 Å². The standard InChI is InChI=1S/C10H14F3N3O2/c1-5(8(14)17)7-6(2)16(9(18)15-7)4-3-10(11,12)13/h5H,3-4H2,1-2H3,(H2,14,17)(H,15,18). The fourth-order valence-electron chi connectivity index (χ4n) is 1.64. The predicted octanol–water partition coefficient (Wildman–Crippen LogP) is 1.03. The Morgan fingerprint density at radius 3 is 2.50 bits per heavy atom. The number of primary amides is 1. The van der Waals surface area contributed by atoms with E-state index >= 15 is 0 Å². The summed E-state index contributed by atoms with van der Waals surface area (Å²) >= 11 is 0. The summed E-state index contributed by atoms with van der Waals surface area (Å²) in [4.78, 5) is 24.9. The van der Waals surface area contributed by atoms with E-state index in [-0.39, 0.29) is 5.69 Å². The number of carbonyl (C=O) groups is 1. The van der Waals surface area contributed by atoms with Gasteiger partial charge >= 0.3 is 11.9 Å². The molecule has 1 atom stereocenters. The molecule has 0 aliphatic rings. The number of rotatable bonds is 4. The molecule has 1 rings (SSSR count). The minimum absolute atomic E-state index is 0.259. The largest absolute Gasteiger partial charge is 0.390 e. The average molecular weight is 265 g/mol. The Hall–Kier alpha value is -1.73. The van der Waals surface area contributed by atoms with Gasteiger partial charge in [0.15, 0.2) is 0 Å². The van der Waals surface area contributed by atoms with Gasteiger partial charge in [0.1, 0.15) is 0 Å². The summed E-state index contributed by atoms with van der Waals surface area (Å²) in [5.41, 5.74) is 4.98. The number of halogens is 3. The lowest BCUT2D eigenvalue weighted by Crippen LogP contribution is -2.21. The van der Waals surface area contributed by atoms with Crippen molar-refractivity contribution in [1.29, 1.82) is 0 Å². The van der Waals surface area contributed by atoms with Crippen molar-refractivity contribution in [2.24, 2.45) is 5.73 Å². The molecule has 0 bridgehead atoms. The molecule has 0 aromatic carbocycles. The van der Waals surface area contributed by atoms with Crippen LogP contribution in [0.1, 0.15) is 30.7 Å². The van der Waals surface area contributed by atoms with Crippen LogP contribution in [0.25, 0.3) is 0 Å². The third kappa shape index (κ3) is 3.14.